The molecule has 74 valence electrons. The molecule has 0 saturated carbocycles. The molecular weight excluding hydrogens is 176 g/mol. The van der Waals surface area contributed by atoms with Crippen LogP contribution in [-0.4, -0.2) is 12.2 Å². The Morgan fingerprint density at radius 2 is 1.79 bits per heavy atom. The van der Waals surface area contributed by atoms with E-state index in [4.69, 9.17) is 9.47 Å². The van der Waals surface area contributed by atoms with E-state index in [9.17, 15) is 0 Å². The van der Waals surface area contributed by atoms with Crippen molar-refractivity contribution in [2.75, 3.05) is 0 Å². The summed E-state index contributed by atoms with van der Waals surface area (Å²) in [7, 11) is 0. The van der Waals surface area contributed by atoms with Gasteiger partial charge in [-0.05, 0) is 19.4 Å². The van der Waals surface area contributed by atoms with E-state index in [0.717, 1.165) is 6.42 Å². The predicted octanol–water partition coefficient (Wildman–Crippen LogP) is 2.22. The molecule has 2 nitrogen and oxygen atoms in total. The minimum Gasteiger partial charge on any atom is -0.340 e. The smallest absolute Gasteiger partial charge is 0.199 e. The predicted molar refractivity (Wildman–Crippen MR) is 52.9 cm³/mol. The van der Waals surface area contributed by atoms with Crippen LogP contribution < -0.4 is 0 Å². The van der Waals surface area contributed by atoms with Gasteiger partial charge in [-0.15, -0.1) is 0 Å². The van der Waals surface area contributed by atoms with Gasteiger partial charge >= 0.3 is 0 Å². The normalized spacial score (nSPS) is 39.6. The van der Waals surface area contributed by atoms with Gasteiger partial charge < -0.3 is 9.47 Å². The number of hydrogen-bond donors (Lipinski definition) is 0. The van der Waals surface area contributed by atoms with Gasteiger partial charge in [0, 0.05) is 12.0 Å². The topological polar surface area (TPSA) is 18.5 Å². The summed E-state index contributed by atoms with van der Waals surface area (Å²) >= 11 is 0. The Bertz CT molecular complexity index is 362. The van der Waals surface area contributed by atoms with Crippen molar-refractivity contribution in [1.82, 2.24) is 0 Å². The van der Waals surface area contributed by atoms with E-state index in [2.05, 4.69) is 32.0 Å². The molecule has 2 aliphatic rings. The lowest BCUT2D eigenvalue weighted by molar-refractivity contribution is -0.198. The average molecular weight is 190 g/mol. The van der Waals surface area contributed by atoms with Crippen molar-refractivity contribution in [1.29, 1.82) is 0 Å². The number of ether oxygens (including phenoxy) is 2. The molecule has 0 amide bonds. The zero-order valence-corrected chi connectivity index (χ0v) is 8.49. The third-order valence-electron chi connectivity index (χ3n) is 3.26. The Morgan fingerprint density at radius 3 is 2.43 bits per heavy atom. The second kappa shape index (κ2) is 2.59. The quantitative estimate of drug-likeness (QED) is 0.624. The molecule has 0 aromatic heterocycles. The highest BCUT2D eigenvalue weighted by Crippen LogP contribution is 2.48. The number of benzene rings is 1. The Balaban J connectivity index is 1.98. The molecule has 1 spiro atoms. The molecule has 2 heteroatoms. The van der Waals surface area contributed by atoms with E-state index in [1.165, 1.54) is 11.1 Å². The maximum absolute atomic E-state index is 5.90. The summed E-state index contributed by atoms with van der Waals surface area (Å²) in [5, 5.41) is 0. The first-order valence-electron chi connectivity index (χ1n) is 5.15. The second-order valence-electron chi connectivity index (χ2n) is 4.23. The minimum atomic E-state index is -0.407. The summed E-state index contributed by atoms with van der Waals surface area (Å²) in [5.41, 5.74) is 2.57. The SMILES string of the molecule is CC1OC2(Cc3ccccc32)OC1C. The van der Waals surface area contributed by atoms with E-state index in [1.807, 2.05) is 6.07 Å². The van der Waals surface area contributed by atoms with Gasteiger partial charge in [-0.2, -0.15) is 0 Å². The average Bonchev–Trinajstić information content (AvgIpc) is 2.44. The van der Waals surface area contributed by atoms with Crippen molar-refractivity contribution >= 4 is 0 Å². The monoisotopic (exact) mass is 190 g/mol. The molecule has 2 atom stereocenters. The van der Waals surface area contributed by atoms with Crippen LogP contribution in [0.15, 0.2) is 24.3 Å². The molecule has 1 aromatic carbocycles. The van der Waals surface area contributed by atoms with E-state index in [1.54, 1.807) is 0 Å². The highest BCUT2D eigenvalue weighted by atomic mass is 16.8. The number of rotatable bonds is 0. The van der Waals surface area contributed by atoms with E-state index >= 15 is 0 Å². The Hall–Kier alpha value is -0.860. The highest BCUT2D eigenvalue weighted by molar-refractivity contribution is 5.41. The molecule has 1 aliphatic heterocycles. The molecule has 3 rings (SSSR count). The first-order chi connectivity index (χ1) is 6.71. The first kappa shape index (κ1) is 8.45. The van der Waals surface area contributed by atoms with Crippen LogP contribution in [0.1, 0.15) is 25.0 Å². The van der Waals surface area contributed by atoms with Crippen LogP contribution in [0.5, 0.6) is 0 Å². The van der Waals surface area contributed by atoms with Crippen molar-refractivity contribution in [3.05, 3.63) is 35.4 Å². The van der Waals surface area contributed by atoms with E-state index in [-0.39, 0.29) is 12.2 Å². The minimum absolute atomic E-state index is 0.198. The third-order valence-corrected chi connectivity index (χ3v) is 3.26. The first-order valence-corrected chi connectivity index (χ1v) is 5.15. The summed E-state index contributed by atoms with van der Waals surface area (Å²) in [4.78, 5) is 0. The molecular formula is C12H14O2. The van der Waals surface area contributed by atoms with Crippen LogP contribution in [0.4, 0.5) is 0 Å². The summed E-state index contributed by atoms with van der Waals surface area (Å²) in [6.07, 6.45) is 1.30. The van der Waals surface area contributed by atoms with Gasteiger partial charge in [-0.3, -0.25) is 0 Å². The molecule has 2 unspecified atom stereocenters. The van der Waals surface area contributed by atoms with Gasteiger partial charge in [0.05, 0.1) is 12.2 Å². The van der Waals surface area contributed by atoms with Gasteiger partial charge in [0.1, 0.15) is 0 Å². The zero-order valence-electron chi connectivity index (χ0n) is 8.49. The van der Waals surface area contributed by atoms with Gasteiger partial charge in [-0.1, -0.05) is 24.3 Å². The van der Waals surface area contributed by atoms with Crippen LogP contribution >= 0.6 is 0 Å². The fourth-order valence-corrected chi connectivity index (χ4v) is 2.32. The summed E-state index contributed by atoms with van der Waals surface area (Å²) < 4.78 is 11.8. The fraction of sp³-hybridized carbons (Fsp3) is 0.500. The van der Waals surface area contributed by atoms with Gasteiger partial charge in [0.25, 0.3) is 0 Å². The molecule has 1 heterocycles. The van der Waals surface area contributed by atoms with Crippen molar-refractivity contribution < 1.29 is 9.47 Å². The Labute approximate surface area is 83.8 Å². The summed E-state index contributed by atoms with van der Waals surface area (Å²) in [6, 6.07) is 8.35. The lowest BCUT2D eigenvalue weighted by Gasteiger charge is -2.39. The maximum atomic E-state index is 5.90. The van der Waals surface area contributed by atoms with Crippen molar-refractivity contribution in [2.45, 2.75) is 38.3 Å². The molecule has 0 bridgehead atoms. The standard InChI is InChI=1S/C12H14O2/c1-8-9(2)14-12(13-8)7-10-5-3-4-6-11(10)12/h3-6,8-9H,7H2,1-2H3. The van der Waals surface area contributed by atoms with Crippen LogP contribution in [0.25, 0.3) is 0 Å². The number of fused-ring (bicyclic) bond motifs is 2. The van der Waals surface area contributed by atoms with E-state index < -0.39 is 5.79 Å². The zero-order chi connectivity index (χ0) is 9.76. The van der Waals surface area contributed by atoms with Crippen LogP contribution in [0.3, 0.4) is 0 Å². The van der Waals surface area contributed by atoms with Gasteiger partial charge in [0.2, 0.25) is 0 Å². The highest BCUT2D eigenvalue weighted by Gasteiger charge is 2.52. The maximum Gasteiger partial charge on any atom is 0.199 e. The van der Waals surface area contributed by atoms with E-state index in [0.29, 0.717) is 0 Å². The summed E-state index contributed by atoms with van der Waals surface area (Å²) in [6.45, 7) is 4.14. The van der Waals surface area contributed by atoms with Crippen LogP contribution in [0, 0.1) is 0 Å². The largest absolute Gasteiger partial charge is 0.340 e. The Kier molecular flexibility index (Phi) is 1.56. The molecule has 14 heavy (non-hydrogen) atoms. The van der Waals surface area contributed by atoms with Crippen molar-refractivity contribution in [3.8, 4) is 0 Å². The lowest BCUT2D eigenvalue weighted by Crippen LogP contribution is -2.40. The second-order valence-corrected chi connectivity index (χ2v) is 4.23. The van der Waals surface area contributed by atoms with Crippen molar-refractivity contribution in [2.24, 2.45) is 0 Å². The third kappa shape index (κ3) is 0.928. The molecule has 1 aromatic rings. The number of hydrogen-bond acceptors (Lipinski definition) is 2. The Morgan fingerprint density at radius 1 is 1.14 bits per heavy atom. The fourth-order valence-electron chi connectivity index (χ4n) is 2.32. The molecule has 0 N–H and O–H groups in total. The van der Waals surface area contributed by atoms with Crippen molar-refractivity contribution in [3.63, 3.8) is 0 Å². The summed E-state index contributed by atoms with van der Waals surface area (Å²) in [5.74, 6) is -0.407. The lowest BCUT2D eigenvalue weighted by atomic mass is 9.82. The van der Waals surface area contributed by atoms with Crippen LogP contribution in [0.2, 0.25) is 0 Å². The molecule has 0 radical (unpaired) electrons. The molecule has 1 aliphatic carbocycles. The molecule has 1 fully saturated rings. The van der Waals surface area contributed by atoms with Crippen LogP contribution in [-0.2, 0) is 21.7 Å². The van der Waals surface area contributed by atoms with Gasteiger partial charge in [0.15, 0.2) is 5.79 Å². The van der Waals surface area contributed by atoms with Gasteiger partial charge in [-0.25, -0.2) is 0 Å². The molecule has 1 saturated heterocycles.